The summed E-state index contributed by atoms with van der Waals surface area (Å²) in [6, 6.07) is 7.19. The molecule has 6 nitrogen and oxygen atoms in total. The third-order valence-corrected chi connectivity index (χ3v) is 3.57. The SMILES string of the molecule is O=C(NCCN1CCCC1)N[C@@H](C(=O)O)c1ccccc1. The Bertz CT molecular complexity index is 472. The predicted molar refractivity (Wildman–Crippen MR) is 79.0 cm³/mol. The molecule has 0 saturated carbocycles. The van der Waals surface area contributed by atoms with Crippen LogP contribution < -0.4 is 10.6 Å². The highest BCUT2D eigenvalue weighted by molar-refractivity contribution is 5.83. The number of likely N-dealkylation sites (tertiary alicyclic amines) is 1. The van der Waals surface area contributed by atoms with Crippen molar-refractivity contribution in [3.63, 3.8) is 0 Å². The number of hydrogen-bond acceptors (Lipinski definition) is 3. The summed E-state index contributed by atoms with van der Waals surface area (Å²) in [7, 11) is 0. The van der Waals surface area contributed by atoms with Crippen LogP contribution in [0.1, 0.15) is 24.4 Å². The van der Waals surface area contributed by atoms with Crippen LogP contribution in [0.4, 0.5) is 4.79 Å². The molecule has 1 saturated heterocycles. The van der Waals surface area contributed by atoms with E-state index in [-0.39, 0.29) is 0 Å². The zero-order valence-electron chi connectivity index (χ0n) is 11.9. The van der Waals surface area contributed by atoms with Gasteiger partial charge in [-0.3, -0.25) is 0 Å². The molecule has 2 rings (SSSR count). The molecule has 0 aromatic heterocycles. The molecule has 0 spiro atoms. The first-order valence-electron chi connectivity index (χ1n) is 7.21. The van der Waals surface area contributed by atoms with Crippen LogP contribution in [-0.2, 0) is 4.79 Å². The Morgan fingerprint density at radius 3 is 2.48 bits per heavy atom. The number of hydrogen-bond donors (Lipinski definition) is 3. The van der Waals surface area contributed by atoms with Gasteiger partial charge in [-0.25, -0.2) is 9.59 Å². The van der Waals surface area contributed by atoms with Gasteiger partial charge in [0, 0.05) is 13.1 Å². The van der Waals surface area contributed by atoms with Crippen LogP contribution in [0.5, 0.6) is 0 Å². The second-order valence-corrected chi connectivity index (χ2v) is 5.13. The second-order valence-electron chi connectivity index (χ2n) is 5.13. The minimum atomic E-state index is -1.07. The van der Waals surface area contributed by atoms with Crippen LogP contribution in [0.2, 0.25) is 0 Å². The van der Waals surface area contributed by atoms with Crippen molar-refractivity contribution in [2.45, 2.75) is 18.9 Å². The van der Waals surface area contributed by atoms with E-state index in [1.165, 1.54) is 12.8 Å². The zero-order chi connectivity index (χ0) is 15.1. The summed E-state index contributed by atoms with van der Waals surface area (Å²) in [6.45, 7) is 3.47. The number of carbonyl (C=O) groups is 2. The van der Waals surface area contributed by atoms with Gasteiger partial charge in [0.25, 0.3) is 0 Å². The van der Waals surface area contributed by atoms with E-state index in [4.69, 9.17) is 0 Å². The molecule has 1 aromatic rings. The third-order valence-electron chi connectivity index (χ3n) is 3.57. The summed E-state index contributed by atoms with van der Waals surface area (Å²) in [5.41, 5.74) is 0.555. The van der Waals surface area contributed by atoms with E-state index < -0.39 is 18.0 Å². The summed E-state index contributed by atoms with van der Waals surface area (Å²) >= 11 is 0. The van der Waals surface area contributed by atoms with Gasteiger partial charge in [0.2, 0.25) is 0 Å². The molecule has 21 heavy (non-hydrogen) atoms. The highest BCUT2D eigenvalue weighted by Gasteiger charge is 2.21. The first-order chi connectivity index (χ1) is 10.2. The van der Waals surface area contributed by atoms with Crippen molar-refractivity contribution < 1.29 is 14.7 Å². The molecule has 6 heteroatoms. The molecule has 114 valence electrons. The van der Waals surface area contributed by atoms with Crippen molar-refractivity contribution >= 4 is 12.0 Å². The Balaban J connectivity index is 1.80. The monoisotopic (exact) mass is 291 g/mol. The summed E-state index contributed by atoms with van der Waals surface area (Å²) in [5.74, 6) is -1.07. The van der Waals surface area contributed by atoms with Gasteiger partial charge in [-0.2, -0.15) is 0 Å². The molecule has 0 aliphatic carbocycles. The van der Waals surface area contributed by atoms with Crippen molar-refractivity contribution in [1.82, 2.24) is 15.5 Å². The Kier molecular flexibility index (Phi) is 5.57. The lowest BCUT2D eigenvalue weighted by molar-refractivity contribution is -0.139. The van der Waals surface area contributed by atoms with Gasteiger partial charge in [0.05, 0.1) is 0 Å². The first-order valence-corrected chi connectivity index (χ1v) is 7.21. The first kappa shape index (κ1) is 15.3. The quantitative estimate of drug-likeness (QED) is 0.736. The zero-order valence-corrected chi connectivity index (χ0v) is 11.9. The maximum atomic E-state index is 11.8. The Labute approximate surface area is 124 Å². The van der Waals surface area contributed by atoms with Crippen molar-refractivity contribution in [3.05, 3.63) is 35.9 Å². The Morgan fingerprint density at radius 1 is 1.19 bits per heavy atom. The number of carboxylic acids is 1. The van der Waals surface area contributed by atoms with Crippen LogP contribution in [-0.4, -0.2) is 48.2 Å². The van der Waals surface area contributed by atoms with Crippen molar-refractivity contribution in [1.29, 1.82) is 0 Å². The molecule has 3 N–H and O–H groups in total. The van der Waals surface area contributed by atoms with Crippen LogP contribution >= 0.6 is 0 Å². The van der Waals surface area contributed by atoms with Gasteiger partial charge < -0.3 is 20.6 Å². The number of urea groups is 1. The number of aliphatic carboxylic acids is 1. The maximum absolute atomic E-state index is 11.8. The maximum Gasteiger partial charge on any atom is 0.330 e. The fraction of sp³-hybridized carbons (Fsp3) is 0.467. The van der Waals surface area contributed by atoms with Crippen LogP contribution in [0.3, 0.4) is 0 Å². The molecule has 2 amide bonds. The fourth-order valence-electron chi connectivity index (χ4n) is 2.45. The van der Waals surface area contributed by atoms with Crippen LogP contribution in [0.25, 0.3) is 0 Å². The Morgan fingerprint density at radius 2 is 1.86 bits per heavy atom. The molecular formula is C15H21N3O3. The number of carboxylic acid groups (broad SMARTS) is 1. The molecule has 0 unspecified atom stereocenters. The molecule has 1 aliphatic rings. The number of carbonyl (C=O) groups excluding carboxylic acids is 1. The number of benzene rings is 1. The standard InChI is InChI=1S/C15H21N3O3/c19-14(20)13(12-6-2-1-3-7-12)17-15(21)16-8-11-18-9-4-5-10-18/h1-3,6-7,13H,4-5,8-11H2,(H,19,20)(H2,16,17,21)/t13-/m1/s1. The van der Waals surface area contributed by atoms with Crippen molar-refractivity contribution in [3.8, 4) is 0 Å². The third kappa shape index (κ3) is 4.75. The summed E-state index contributed by atoms with van der Waals surface area (Å²) in [6.07, 6.45) is 2.42. The lowest BCUT2D eigenvalue weighted by atomic mass is 10.1. The van der Waals surface area contributed by atoms with E-state index in [9.17, 15) is 14.7 Å². The topological polar surface area (TPSA) is 81.7 Å². The van der Waals surface area contributed by atoms with Crippen LogP contribution in [0.15, 0.2) is 30.3 Å². The highest BCUT2D eigenvalue weighted by Crippen LogP contribution is 2.12. The van der Waals surface area contributed by atoms with E-state index in [0.29, 0.717) is 12.1 Å². The summed E-state index contributed by atoms with van der Waals surface area (Å²) in [5, 5.41) is 14.4. The fourth-order valence-corrected chi connectivity index (χ4v) is 2.45. The lowest BCUT2D eigenvalue weighted by Crippen LogP contribution is -2.43. The normalized spacial score (nSPS) is 16.4. The molecule has 1 fully saturated rings. The van der Waals surface area contributed by atoms with Gasteiger partial charge in [0.1, 0.15) is 0 Å². The number of nitrogens with one attached hydrogen (secondary N) is 2. The molecule has 1 aliphatic heterocycles. The van der Waals surface area contributed by atoms with Gasteiger partial charge in [0.15, 0.2) is 6.04 Å². The highest BCUT2D eigenvalue weighted by atomic mass is 16.4. The average Bonchev–Trinajstić information content (AvgIpc) is 2.98. The van der Waals surface area contributed by atoms with E-state index in [0.717, 1.165) is 19.6 Å². The minimum Gasteiger partial charge on any atom is -0.479 e. The molecule has 0 radical (unpaired) electrons. The average molecular weight is 291 g/mol. The van der Waals surface area contributed by atoms with E-state index in [1.807, 2.05) is 0 Å². The second kappa shape index (κ2) is 7.64. The molecule has 1 aromatic carbocycles. The van der Waals surface area contributed by atoms with E-state index >= 15 is 0 Å². The van der Waals surface area contributed by atoms with Crippen molar-refractivity contribution in [2.24, 2.45) is 0 Å². The molecular weight excluding hydrogens is 270 g/mol. The molecule has 0 bridgehead atoms. The lowest BCUT2D eigenvalue weighted by Gasteiger charge is -2.17. The largest absolute Gasteiger partial charge is 0.479 e. The van der Waals surface area contributed by atoms with Crippen molar-refractivity contribution in [2.75, 3.05) is 26.2 Å². The van der Waals surface area contributed by atoms with Gasteiger partial charge >= 0.3 is 12.0 Å². The van der Waals surface area contributed by atoms with Crippen LogP contribution in [0, 0.1) is 0 Å². The number of nitrogens with zero attached hydrogens (tertiary/aromatic N) is 1. The number of amides is 2. The smallest absolute Gasteiger partial charge is 0.330 e. The Hall–Kier alpha value is -2.08. The predicted octanol–water partition coefficient (Wildman–Crippen LogP) is 1.21. The van der Waals surface area contributed by atoms with Gasteiger partial charge in [-0.1, -0.05) is 30.3 Å². The molecule has 1 heterocycles. The van der Waals surface area contributed by atoms with E-state index in [1.54, 1.807) is 30.3 Å². The van der Waals surface area contributed by atoms with E-state index in [2.05, 4.69) is 15.5 Å². The van der Waals surface area contributed by atoms with Gasteiger partial charge in [-0.05, 0) is 31.5 Å². The summed E-state index contributed by atoms with van der Waals surface area (Å²) in [4.78, 5) is 25.4. The number of rotatable bonds is 6. The molecule has 1 atom stereocenters. The summed E-state index contributed by atoms with van der Waals surface area (Å²) < 4.78 is 0. The van der Waals surface area contributed by atoms with Gasteiger partial charge in [-0.15, -0.1) is 0 Å². The minimum absolute atomic E-state index is 0.453.